The summed E-state index contributed by atoms with van der Waals surface area (Å²) in [7, 11) is 2.05. The van der Waals surface area contributed by atoms with Gasteiger partial charge in [-0.05, 0) is 48.9 Å². The van der Waals surface area contributed by atoms with Gasteiger partial charge in [0.15, 0.2) is 0 Å². The summed E-state index contributed by atoms with van der Waals surface area (Å²) in [6.07, 6.45) is 3.13. The van der Waals surface area contributed by atoms with Gasteiger partial charge in [-0.15, -0.1) is 0 Å². The van der Waals surface area contributed by atoms with Crippen molar-refractivity contribution in [3.05, 3.63) is 72.1 Å². The molecule has 0 radical (unpaired) electrons. The number of fused-ring (bicyclic) bond motifs is 1. The number of hydrogen-bond donors (Lipinski definition) is 2. The number of carbonyl (C=O) groups excluding carboxylic acids is 2. The molecule has 0 saturated carbocycles. The molecule has 5 rings (SSSR count). The number of likely N-dealkylation sites (N-methyl/N-ethyl adjacent to an activating group) is 1. The van der Waals surface area contributed by atoms with Gasteiger partial charge in [-0.25, -0.2) is 4.98 Å². The largest absolute Gasteiger partial charge is 0.336 e. The lowest BCUT2D eigenvalue weighted by Gasteiger charge is -2.32. The van der Waals surface area contributed by atoms with Crippen LogP contribution in [0.4, 0.5) is 16.5 Å². The van der Waals surface area contributed by atoms with Crippen LogP contribution < -0.4 is 10.6 Å². The number of carbonyl (C=O) groups is 2. The van der Waals surface area contributed by atoms with Crippen molar-refractivity contribution in [3.63, 3.8) is 0 Å². The van der Waals surface area contributed by atoms with Crippen molar-refractivity contribution in [3.8, 4) is 0 Å². The van der Waals surface area contributed by atoms with Crippen LogP contribution in [0.5, 0.6) is 0 Å². The van der Waals surface area contributed by atoms with Crippen LogP contribution in [0.3, 0.4) is 0 Å². The summed E-state index contributed by atoms with van der Waals surface area (Å²) in [6.45, 7) is 3.09. The zero-order valence-electron chi connectivity index (χ0n) is 18.6. The first-order valence-electron chi connectivity index (χ1n) is 10.9. The van der Waals surface area contributed by atoms with Crippen molar-refractivity contribution in [2.75, 3.05) is 43.9 Å². The Balaban J connectivity index is 1.29. The number of piperazine rings is 1. The summed E-state index contributed by atoms with van der Waals surface area (Å²) < 4.78 is 4.16. The van der Waals surface area contributed by atoms with Gasteiger partial charge in [0, 0.05) is 37.4 Å². The molecule has 0 spiro atoms. The number of nitrogens with one attached hydrogen (secondary N) is 2. The molecule has 34 heavy (non-hydrogen) atoms. The first-order chi connectivity index (χ1) is 16.6. The first-order valence-corrected chi connectivity index (χ1v) is 11.7. The molecule has 1 aliphatic heterocycles. The SMILES string of the molecule is CN1CCN(C(=O)c2cccc(NC(=O)c3cnsc3Nc3cnc4ccccc4n3)c2)CC1. The van der Waals surface area contributed by atoms with Crippen LogP contribution in [0.25, 0.3) is 11.0 Å². The number of amides is 2. The predicted molar refractivity (Wildman–Crippen MR) is 133 cm³/mol. The molecule has 9 nitrogen and oxygen atoms in total. The van der Waals surface area contributed by atoms with Gasteiger partial charge in [-0.3, -0.25) is 14.6 Å². The first kappa shape index (κ1) is 21.9. The summed E-state index contributed by atoms with van der Waals surface area (Å²) in [5.74, 6) is 0.171. The second-order valence-corrected chi connectivity index (χ2v) is 8.87. The smallest absolute Gasteiger partial charge is 0.260 e. The lowest BCUT2D eigenvalue weighted by atomic mass is 10.1. The molecule has 2 aromatic heterocycles. The molecule has 1 fully saturated rings. The number of aromatic nitrogens is 3. The number of nitrogens with zero attached hydrogens (tertiary/aromatic N) is 5. The van der Waals surface area contributed by atoms with Gasteiger partial charge in [0.25, 0.3) is 11.8 Å². The normalized spacial score (nSPS) is 14.2. The molecule has 3 heterocycles. The zero-order valence-corrected chi connectivity index (χ0v) is 19.4. The maximum absolute atomic E-state index is 13.0. The Labute approximate surface area is 200 Å². The van der Waals surface area contributed by atoms with E-state index in [1.807, 2.05) is 36.2 Å². The summed E-state index contributed by atoms with van der Waals surface area (Å²) in [5.41, 5.74) is 3.03. The minimum Gasteiger partial charge on any atom is -0.336 e. The van der Waals surface area contributed by atoms with Crippen molar-refractivity contribution in [1.82, 2.24) is 24.1 Å². The molecule has 0 unspecified atom stereocenters. The molecule has 172 valence electrons. The van der Waals surface area contributed by atoms with E-state index in [-0.39, 0.29) is 11.8 Å². The van der Waals surface area contributed by atoms with Gasteiger partial charge in [0.1, 0.15) is 10.8 Å². The lowest BCUT2D eigenvalue weighted by molar-refractivity contribution is 0.0664. The molecule has 2 aromatic carbocycles. The van der Waals surface area contributed by atoms with Gasteiger partial charge in [-0.2, -0.15) is 4.37 Å². The van der Waals surface area contributed by atoms with E-state index in [2.05, 4.69) is 29.9 Å². The second kappa shape index (κ2) is 9.54. The minimum absolute atomic E-state index is 0.0290. The average Bonchev–Trinajstić information content (AvgIpc) is 3.32. The number of benzene rings is 2. The van der Waals surface area contributed by atoms with Gasteiger partial charge in [0.2, 0.25) is 0 Å². The highest BCUT2D eigenvalue weighted by atomic mass is 32.1. The monoisotopic (exact) mass is 473 g/mol. The molecule has 2 amide bonds. The Hall–Kier alpha value is -3.89. The maximum atomic E-state index is 13.0. The van der Waals surface area contributed by atoms with Gasteiger partial charge >= 0.3 is 0 Å². The van der Waals surface area contributed by atoms with Crippen LogP contribution in [-0.2, 0) is 0 Å². The predicted octanol–water partition coefficient (Wildman–Crippen LogP) is 3.47. The Bertz CT molecular complexity index is 1350. The third-order valence-corrected chi connectivity index (χ3v) is 6.38. The molecule has 0 bridgehead atoms. The molecule has 2 N–H and O–H groups in total. The summed E-state index contributed by atoms with van der Waals surface area (Å²) >= 11 is 1.16. The maximum Gasteiger partial charge on any atom is 0.260 e. The van der Waals surface area contributed by atoms with E-state index < -0.39 is 0 Å². The van der Waals surface area contributed by atoms with E-state index in [4.69, 9.17) is 0 Å². The highest BCUT2D eigenvalue weighted by Gasteiger charge is 2.21. The molecule has 10 heteroatoms. The van der Waals surface area contributed by atoms with Crippen LogP contribution in [-0.4, -0.2) is 69.2 Å². The molecular formula is C24H23N7O2S. The average molecular weight is 474 g/mol. The van der Waals surface area contributed by atoms with Crippen molar-refractivity contribution >= 4 is 50.9 Å². The zero-order chi connectivity index (χ0) is 23.5. The second-order valence-electron chi connectivity index (χ2n) is 8.07. The van der Waals surface area contributed by atoms with Crippen LogP contribution in [0.2, 0.25) is 0 Å². The molecule has 0 atom stereocenters. The highest BCUT2D eigenvalue weighted by molar-refractivity contribution is 7.10. The fourth-order valence-corrected chi connectivity index (χ4v) is 4.40. The van der Waals surface area contributed by atoms with E-state index in [9.17, 15) is 9.59 Å². The quantitative estimate of drug-likeness (QED) is 0.457. The van der Waals surface area contributed by atoms with Crippen LogP contribution >= 0.6 is 11.5 Å². The highest BCUT2D eigenvalue weighted by Crippen LogP contribution is 2.26. The summed E-state index contributed by atoms with van der Waals surface area (Å²) in [6, 6.07) is 14.6. The van der Waals surface area contributed by atoms with E-state index in [1.54, 1.807) is 30.5 Å². The van der Waals surface area contributed by atoms with Crippen LogP contribution in [0.1, 0.15) is 20.7 Å². The molecule has 4 aromatic rings. The summed E-state index contributed by atoms with van der Waals surface area (Å²) in [5, 5.41) is 6.58. The van der Waals surface area contributed by atoms with Gasteiger partial charge < -0.3 is 20.4 Å². The van der Waals surface area contributed by atoms with Crippen molar-refractivity contribution in [2.24, 2.45) is 0 Å². The number of hydrogen-bond acceptors (Lipinski definition) is 8. The van der Waals surface area contributed by atoms with E-state index >= 15 is 0 Å². The van der Waals surface area contributed by atoms with E-state index in [0.717, 1.165) is 35.7 Å². The lowest BCUT2D eigenvalue weighted by Crippen LogP contribution is -2.47. The molecular weight excluding hydrogens is 450 g/mol. The van der Waals surface area contributed by atoms with E-state index in [0.29, 0.717) is 40.7 Å². The number of para-hydroxylation sites is 2. The topological polar surface area (TPSA) is 103 Å². The fraction of sp³-hybridized carbons (Fsp3) is 0.208. The summed E-state index contributed by atoms with van der Waals surface area (Å²) in [4.78, 5) is 38.9. The number of rotatable bonds is 5. The Kier molecular flexibility index (Phi) is 6.15. The fourth-order valence-electron chi connectivity index (χ4n) is 3.75. The van der Waals surface area contributed by atoms with Crippen molar-refractivity contribution in [1.29, 1.82) is 0 Å². The molecule has 1 saturated heterocycles. The van der Waals surface area contributed by atoms with Gasteiger partial charge in [-0.1, -0.05) is 18.2 Å². The third kappa shape index (κ3) is 4.73. The minimum atomic E-state index is -0.325. The van der Waals surface area contributed by atoms with Crippen molar-refractivity contribution in [2.45, 2.75) is 0 Å². The Morgan fingerprint density at radius 2 is 1.76 bits per heavy atom. The molecule has 1 aliphatic rings. The van der Waals surface area contributed by atoms with Crippen molar-refractivity contribution < 1.29 is 9.59 Å². The van der Waals surface area contributed by atoms with E-state index in [1.165, 1.54) is 6.20 Å². The Morgan fingerprint density at radius 1 is 0.971 bits per heavy atom. The Morgan fingerprint density at radius 3 is 2.59 bits per heavy atom. The van der Waals surface area contributed by atoms with Crippen LogP contribution in [0.15, 0.2) is 60.9 Å². The van der Waals surface area contributed by atoms with Crippen LogP contribution in [0, 0.1) is 0 Å². The van der Waals surface area contributed by atoms with Gasteiger partial charge in [0.05, 0.1) is 29.0 Å². The third-order valence-electron chi connectivity index (χ3n) is 5.66. The number of anilines is 3. The standard InChI is InChI=1S/C24H23N7O2S/c1-30-9-11-31(12-10-30)24(33)16-5-4-6-17(13-16)27-22(32)18-14-26-34-23(18)29-21-15-25-19-7-2-3-8-20(19)28-21/h2-8,13-15H,9-12H2,1H3,(H,27,32)(H,28,29). The molecule has 0 aliphatic carbocycles.